The van der Waals surface area contributed by atoms with Gasteiger partial charge in [0.05, 0.1) is 12.5 Å². The molecule has 1 rings (SSSR count). The van der Waals surface area contributed by atoms with Crippen molar-refractivity contribution in [2.24, 2.45) is 0 Å². The molecule has 1 aromatic carbocycles. The lowest BCUT2D eigenvalue weighted by molar-refractivity contribution is -0.136. The normalized spacial score (nSPS) is 11.9. The highest BCUT2D eigenvalue weighted by atomic mass is 16.5. The molecule has 0 saturated carbocycles. The molecule has 0 bridgehead atoms. The van der Waals surface area contributed by atoms with Crippen molar-refractivity contribution in [1.29, 1.82) is 0 Å². The van der Waals surface area contributed by atoms with Gasteiger partial charge in [-0.2, -0.15) is 0 Å². The van der Waals surface area contributed by atoms with E-state index in [9.17, 15) is 9.90 Å². The fourth-order valence-electron chi connectivity index (χ4n) is 1.53. The Morgan fingerprint density at radius 3 is 2.67 bits per heavy atom. The number of rotatable bonds is 7. The molecule has 1 atom stereocenters. The number of ether oxygens (including phenoxy) is 1. The molecule has 18 heavy (non-hydrogen) atoms. The van der Waals surface area contributed by atoms with Crippen LogP contribution in [0.15, 0.2) is 42.5 Å². The standard InChI is InChI=1S/C15H20O3/c1-3-4-8-12(2)14(16)11-15(17)18-13-9-6-5-7-10-13/h5-7,9-10,14,16H,2-4,8,11H2,1H3. The minimum absolute atomic E-state index is 0.0442. The zero-order valence-electron chi connectivity index (χ0n) is 10.8. The summed E-state index contributed by atoms with van der Waals surface area (Å²) in [6.07, 6.45) is 1.91. The maximum atomic E-state index is 11.6. The third-order valence-electron chi connectivity index (χ3n) is 2.66. The highest BCUT2D eigenvalue weighted by Crippen LogP contribution is 2.15. The first-order valence-corrected chi connectivity index (χ1v) is 6.25. The van der Waals surface area contributed by atoms with Gasteiger partial charge < -0.3 is 9.84 Å². The van der Waals surface area contributed by atoms with E-state index < -0.39 is 12.1 Å². The Kier molecular flexibility index (Phi) is 6.15. The predicted octanol–water partition coefficient (Wildman–Crippen LogP) is 3.09. The van der Waals surface area contributed by atoms with Gasteiger partial charge in [0.25, 0.3) is 0 Å². The Hall–Kier alpha value is -1.61. The topological polar surface area (TPSA) is 46.5 Å². The summed E-state index contributed by atoms with van der Waals surface area (Å²) < 4.78 is 5.10. The largest absolute Gasteiger partial charge is 0.426 e. The maximum Gasteiger partial charge on any atom is 0.314 e. The number of hydrogen-bond acceptors (Lipinski definition) is 3. The molecular weight excluding hydrogens is 228 g/mol. The molecule has 0 aromatic heterocycles. The van der Waals surface area contributed by atoms with Crippen LogP contribution in [0.5, 0.6) is 5.75 Å². The van der Waals surface area contributed by atoms with Crippen LogP contribution >= 0.6 is 0 Å². The molecule has 0 fully saturated rings. The van der Waals surface area contributed by atoms with Gasteiger partial charge in [-0.05, 0) is 30.5 Å². The van der Waals surface area contributed by atoms with E-state index in [1.54, 1.807) is 24.3 Å². The molecule has 0 amide bonds. The summed E-state index contributed by atoms with van der Waals surface area (Å²) in [5.74, 6) is 0.0558. The molecule has 1 aromatic rings. The van der Waals surface area contributed by atoms with Crippen molar-refractivity contribution >= 4 is 5.97 Å². The van der Waals surface area contributed by atoms with Crippen LogP contribution in [-0.2, 0) is 4.79 Å². The molecule has 0 aliphatic rings. The minimum Gasteiger partial charge on any atom is -0.426 e. The zero-order valence-corrected chi connectivity index (χ0v) is 10.8. The van der Waals surface area contributed by atoms with Crippen LogP contribution in [0.2, 0.25) is 0 Å². The van der Waals surface area contributed by atoms with Crippen LogP contribution < -0.4 is 4.74 Å². The summed E-state index contributed by atoms with van der Waals surface area (Å²) in [6.45, 7) is 5.87. The van der Waals surface area contributed by atoms with Gasteiger partial charge in [0.1, 0.15) is 5.75 Å². The lowest BCUT2D eigenvalue weighted by Crippen LogP contribution is -2.19. The van der Waals surface area contributed by atoms with Crippen molar-refractivity contribution < 1.29 is 14.6 Å². The van der Waals surface area contributed by atoms with Gasteiger partial charge in [-0.15, -0.1) is 0 Å². The van der Waals surface area contributed by atoms with Gasteiger partial charge in [0.2, 0.25) is 0 Å². The van der Waals surface area contributed by atoms with E-state index in [1.165, 1.54) is 0 Å². The lowest BCUT2D eigenvalue weighted by atomic mass is 10.0. The van der Waals surface area contributed by atoms with Gasteiger partial charge in [0, 0.05) is 0 Å². The predicted molar refractivity (Wildman–Crippen MR) is 71.4 cm³/mol. The van der Waals surface area contributed by atoms with E-state index in [0.29, 0.717) is 11.3 Å². The lowest BCUT2D eigenvalue weighted by Gasteiger charge is -2.12. The zero-order chi connectivity index (χ0) is 13.4. The van der Waals surface area contributed by atoms with E-state index >= 15 is 0 Å². The number of carbonyl (C=O) groups excluding carboxylic acids is 1. The third kappa shape index (κ3) is 5.15. The van der Waals surface area contributed by atoms with Gasteiger partial charge in [0.15, 0.2) is 0 Å². The summed E-state index contributed by atoms with van der Waals surface area (Å²) >= 11 is 0. The molecule has 0 radical (unpaired) electrons. The molecule has 0 aliphatic heterocycles. The molecule has 98 valence electrons. The Bertz CT molecular complexity index is 384. The SMILES string of the molecule is C=C(CCCC)C(O)CC(=O)Oc1ccccc1. The van der Waals surface area contributed by atoms with Crippen molar-refractivity contribution in [2.45, 2.75) is 38.7 Å². The monoisotopic (exact) mass is 248 g/mol. The van der Waals surface area contributed by atoms with Crippen LogP contribution in [-0.4, -0.2) is 17.2 Å². The molecule has 0 spiro atoms. The van der Waals surface area contributed by atoms with Crippen molar-refractivity contribution in [3.8, 4) is 5.75 Å². The van der Waals surface area contributed by atoms with E-state index in [1.807, 2.05) is 6.07 Å². The number of unbranched alkanes of at least 4 members (excludes halogenated alkanes) is 1. The first-order chi connectivity index (χ1) is 8.63. The van der Waals surface area contributed by atoms with Crippen LogP contribution in [0.4, 0.5) is 0 Å². The molecule has 0 heterocycles. The van der Waals surface area contributed by atoms with Gasteiger partial charge in [-0.1, -0.05) is 38.1 Å². The second kappa shape index (κ2) is 7.67. The van der Waals surface area contributed by atoms with E-state index in [-0.39, 0.29) is 6.42 Å². The average Bonchev–Trinajstić information content (AvgIpc) is 2.36. The Morgan fingerprint density at radius 2 is 2.06 bits per heavy atom. The van der Waals surface area contributed by atoms with Crippen LogP contribution in [0, 0.1) is 0 Å². The number of para-hydroxylation sites is 1. The smallest absolute Gasteiger partial charge is 0.314 e. The first-order valence-electron chi connectivity index (χ1n) is 6.25. The Balaban J connectivity index is 2.38. The van der Waals surface area contributed by atoms with E-state index in [0.717, 1.165) is 19.3 Å². The summed E-state index contributed by atoms with van der Waals surface area (Å²) in [6, 6.07) is 8.84. The Morgan fingerprint density at radius 1 is 1.39 bits per heavy atom. The molecule has 0 aliphatic carbocycles. The first kappa shape index (κ1) is 14.5. The number of hydrogen-bond donors (Lipinski definition) is 1. The van der Waals surface area contributed by atoms with Gasteiger partial charge in [-0.3, -0.25) is 4.79 Å². The van der Waals surface area contributed by atoms with Crippen LogP contribution in [0.3, 0.4) is 0 Å². The van der Waals surface area contributed by atoms with Crippen molar-refractivity contribution in [3.63, 3.8) is 0 Å². The Labute approximate surface area is 108 Å². The van der Waals surface area contributed by atoms with Crippen molar-refractivity contribution in [3.05, 3.63) is 42.5 Å². The second-order valence-corrected chi connectivity index (χ2v) is 4.27. The second-order valence-electron chi connectivity index (χ2n) is 4.27. The molecule has 1 N–H and O–H groups in total. The van der Waals surface area contributed by atoms with Gasteiger partial charge >= 0.3 is 5.97 Å². The molecule has 0 saturated heterocycles. The number of aliphatic hydroxyl groups is 1. The summed E-state index contributed by atoms with van der Waals surface area (Å²) in [4.78, 5) is 11.6. The minimum atomic E-state index is -0.812. The van der Waals surface area contributed by atoms with Crippen molar-refractivity contribution in [1.82, 2.24) is 0 Å². The number of carbonyl (C=O) groups is 1. The summed E-state index contributed by atoms with van der Waals surface area (Å²) in [5.41, 5.74) is 0.696. The molecule has 3 nitrogen and oxygen atoms in total. The molecular formula is C15H20O3. The summed E-state index contributed by atoms with van der Waals surface area (Å²) in [5, 5.41) is 9.79. The number of esters is 1. The number of aliphatic hydroxyl groups excluding tert-OH is 1. The molecule has 1 unspecified atom stereocenters. The van der Waals surface area contributed by atoms with Crippen LogP contribution in [0.1, 0.15) is 32.6 Å². The fourth-order valence-corrected chi connectivity index (χ4v) is 1.53. The van der Waals surface area contributed by atoms with E-state index in [2.05, 4.69) is 13.5 Å². The van der Waals surface area contributed by atoms with E-state index in [4.69, 9.17) is 4.74 Å². The maximum absolute atomic E-state index is 11.6. The highest BCUT2D eigenvalue weighted by molar-refractivity contribution is 5.73. The van der Waals surface area contributed by atoms with Crippen molar-refractivity contribution in [2.75, 3.05) is 0 Å². The highest BCUT2D eigenvalue weighted by Gasteiger charge is 2.15. The number of benzene rings is 1. The third-order valence-corrected chi connectivity index (χ3v) is 2.66. The van der Waals surface area contributed by atoms with Crippen LogP contribution in [0.25, 0.3) is 0 Å². The fraction of sp³-hybridized carbons (Fsp3) is 0.400. The summed E-state index contributed by atoms with van der Waals surface area (Å²) in [7, 11) is 0. The van der Waals surface area contributed by atoms with Gasteiger partial charge in [-0.25, -0.2) is 0 Å². The average molecular weight is 248 g/mol. The quantitative estimate of drug-likeness (QED) is 0.458. The molecule has 3 heteroatoms.